The van der Waals surface area contributed by atoms with Crippen molar-refractivity contribution in [2.24, 2.45) is 5.73 Å². The van der Waals surface area contributed by atoms with Gasteiger partial charge in [0.2, 0.25) is 5.95 Å². The maximum absolute atomic E-state index is 11.2. The highest BCUT2D eigenvalue weighted by molar-refractivity contribution is 7.59. The average molecular weight is 380 g/mol. The Morgan fingerprint density at radius 1 is 1.38 bits per heavy atom. The first-order valence-electron chi connectivity index (χ1n) is 7.92. The molecule has 1 atom stereocenters. The van der Waals surface area contributed by atoms with Crippen LogP contribution in [0.3, 0.4) is 0 Å². The number of nitrogens with two attached hydrogens (primary N) is 2. The van der Waals surface area contributed by atoms with Crippen molar-refractivity contribution >= 4 is 31.2 Å². The maximum atomic E-state index is 11.2. The smallest absolute Gasteiger partial charge is 0.267 e. The van der Waals surface area contributed by atoms with E-state index in [-0.39, 0.29) is 44.4 Å². The zero-order valence-corrected chi connectivity index (χ0v) is 15.5. The van der Waals surface area contributed by atoms with Gasteiger partial charge in [-0.3, -0.25) is 4.79 Å². The molecular formula is C16H24N6O3S. The summed E-state index contributed by atoms with van der Waals surface area (Å²) in [5.74, 6) is 0.253. The van der Waals surface area contributed by atoms with E-state index in [9.17, 15) is 9.90 Å². The van der Waals surface area contributed by atoms with Crippen LogP contribution >= 0.6 is 13.5 Å². The lowest BCUT2D eigenvalue weighted by Crippen LogP contribution is -2.24. The molecule has 0 spiro atoms. The lowest BCUT2D eigenvalue weighted by molar-refractivity contribution is 0.0995. The highest BCUT2D eigenvalue weighted by Gasteiger charge is 2.13. The van der Waals surface area contributed by atoms with Crippen LogP contribution in [0.2, 0.25) is 0 Å². The molecule has 9 nitrogen and oxygen atoms in total. The summed E-state index contributed by atoms with van der Waals surface area (Å²) in [6, 6.07) is 4.75. The summed E-state index contributed by atoms with van der Waals surface area (Å²) in [6.45, 7) is 2.08. The quantitative estimate of drug-likeness (QED) is 0.499. The topological polar surface area (TPSA) is 149 Å². The molecule has 0 saturated heterocycles. The van der Waals surface area contributed by atoms with E-state index in [1.807, 2.05) is 6.92 Å². The fourth-order valence-electron chi connectivity index (χ4n) is 2.19. The van der Waals surface area contributed by atoms with Gasteiger partial charge in [0.15, 0.2) is 11.6 Å². The Morgan fingerprint density at radius 3 is 2.81 bits per heavy atom. The number of anilines is 2. The summed E-state index contributed by atoms with van der Waals surface area (Å²) < 4.78 is 5.70. The summed E-state index contributed by atoms with van der Waals surface area (Å²) in [6.07, 6.45) is 3.11. The van der Waals surface area contributed by atoms with E-state index < -0.39 is 5.91 Å². The van der Waals surface area contributed by atoms with Crippen molar-refractivity contribution in [2.45, 2.75) is 32.4 Å². The molecule has 0 aliphatic carbocycles. The third-order valence-electron chi connectivity index (χ3n) is 3.41. The lowest BCUT2D eigenvalue weighted by atomic mass is 10.2. The summed E-state index contributed by atoms with van der Waals surface area (Å²) in [4.78, 5) is 23.3. The molecule has 10 heteroatoms. The van der Waals surface area contributed by atoms with Crippen molar-refractivity contribution in [2.75, 3.05) is 17.7 Å². The molecule has 142 valence electrons. The van der Waals surface area contributed by atoms with E-state index in [0.717, 1.165) is 12.8 Å². The molecule has 1 amide bonds. The predicted octanol–water partition coefficient (Wildman–Crippen LogP) is 0.817. The number of hydrogen-bond acceptors (Lipinski definition) is 8. The van der Waals surface area contributed by atoms with Crippen molar-refractivity contribution < 1.29 is 14.6 Å². The Balaban J connectivity index is 0.00000338. The first-order chi connectivity index (χ1) is 12.0. The van der Waals surface area contributed by atoms with Crippen molar-refractivity contribution in [3.8, 4) is 5.75 Å². The molecule has 0 saturated carbocycles. The number of aliphatic hydroxyl groups is 1. The van der Waals surface area contributed by atoms with Crippen molar-refractivity contribution in [1.29, 1.82) is 0 Å². The number of rotatable bonds is 9. The van der Waals surface area contributed by atoms with Crippen LogP contribution < -0.4 is 21.5 Å². The Kier molecular flexibility index (Phi) is 8.59. The standard InChI is InChI=1S/C16H22N6O3.H2S/c1-2-4-10(8-23)21-15-13(7-19-16(18)22-15)25-9-11-5-3-6-12(20-11)14(17)24;/h3,5-7,10,23H,2,4,8-9H2,1H3,(H2,17,24)(H3,18,19,21,22);1H2/t10-;/m0./s1. The van der Waals surface area contributed by atoms with Gasteiger partial charge in [0, 0.05) is 0 Å². The van der Waals surface area contributed by atoms with Crippen LogP contribution in [0.4, 0.5) is 11.8 Å². The van der Waals surface area contributed by atoms with E-state index >= 15 is 0 Å². The molecule has 2 heterocycles. The van der Waals surface area contributed by atoms with E-state index in [1.165, 1.54) is 12.3 Å². The number of nitrogens with one attached hydrogen (secondary N) is 1. The molecule has 2 aromatic heterocycles. The monoisotopic (exact) mass is 380 g/mol. The fraction of sp³-hybridized carbons (Fsp3) is 0.375. The van der Waals surface area contributed by atoms with Gasteiger partial charge in [0.05, 0.1) is 24.5 Å². The van der Waals surface area contributed by atoms with Crippen LogP contribution in [0.5, 0.6) is 5.75 Å². The number of amides is 1. The molecule has 26 heavy (non-hydrogen) atoms. The largest absolute Gasteiger partial charge is 0.482 e. The number of pyridine rings is 1. The molecule has 6 N–H and O–H groups in total. The Bertz CT molecular complexity index is 731. The van der Waals surface area contributed by atoms with Gasteiger partial charge in [0.25, 0.3) is 5.91 Å². The molecule has 2 rings (SSSR count). The SMILES string of the molecule is CCC[C@@H](CO)Nc1nc(N)ncc1OCc1cccc(C(N)=O)n1.S. The second-order valence-electron chi connectivity index (χ2n) is 5.42. The summed E-state index contributed by atoms with van der Waals surface area (Å²) in [5.41, 5.74) is 11.6. The number of hydrogen-bond donors (Lipinski definition) is 4. The number of carbonyl (C=O) groups is 1. The predicted molar refractivity (Wildman–Crippen MR) is 103 cm³/mol. The zero-order valence-electron chi connectivity index (χ0n) is 14.5. The van der Waals surface area contributed by atoms with Gasteiger partial charge < -0.3 is 26.6 Å². The van der Waals surface area contributed by atoms with Gasteiger partial charge in [0.1, 0.15) is 12.3 Å². The minimum absolute atomic E-state index is 0. The lowest BCUT2D eigenvalue weighted by Gasteiger charge is -2.18. The molecular weight excluding hydrogens is 356 g/mol. The average Bonchev–Trinajstić information content (AvgIpc) is 2.60. The summed E-state index contributed by atoms with van der Waals surface area (Å²) in [7, 11) is 0. The Morgan fingerprint density at radius 2 is 2.15 bits per heavy atom. The van der Waals surface area contributed by atoms with Gasteiger partial charge in [-0.15, -0.1) is 0 Å². The summed E-state index contributed by atoms with van der Waals surface area (Å²) >= 11 is 0. The molecule has 0 bridgehead atoms. The molecule has 2 aromatic rings. The minimum Gasteiger partial charge on any atom is -0.482 e. The van der Waals surface area contributed by atoms with E-state index in [2.05, 4.69) is 20.3 Å². The summed E-state index contributed by atoms with van der Waals surface area (Å²) in [5, 5.41) is 12.5. The molecule has 0 unspecified atom stereocenters. The third-order valence-corrected chi connectivity index (χ3v) is 3.41. The van der Waals surface area contributed by atoms with Gasteiger partial charge in [-0.1, -0.05) is 19.4 Å². The molecule has 0 aliphatic rings. The van der Waals surface area contributed by atoms with Gasteiger partial charge >= 0.3 is 0 Å². The first kappa shape index (κ1) is 21.5. The van der Waals surface area contributed by atoms with Gasteiger partial charge in [-0.25, -0.2) is 9.97 Å². The number of nitrogens with zero attached hydrogens (tertiary/aromatic N) is 3. The van der Waals surface area contributed by atoms with Crippen molar-refractivity contribution in [3.05, 3.63) is 35.8 Å². The van der Waals surface area contributed by atoms with Crippen LogP contribution in [0, 0.1) is 0 Å². The fourth-order valence-corrected chi connectivity index (χ4v) is 2.19. The van der Waals surface area contributed by atoms with Crippen LogP contribution in [0.1, 0.15) is 35.9 Å². The van der Waals surface area contributed by atoms with Crippen LogP contribution in [0.15, 0.2) is 24.4 Å². The van der Waals surface area contributed by atoms with Crippen molar-refractivity contribution in [1.82, 2.24) is 15.0 Å². The molecule has 0 aliphatic heterocycles. The molecule has 0 radical (unpaired) electrons. The first-order valence-corrected chi connectivity index (χ1v) is 7.92. The number of primary amides is 1. The van der Waals surface area contributed by atoms with Crippen LogP contribution in [-0.4, -0.2) is 38.6 Å². The Hall–Kier alpha value is -2.59. The molecule has 0 aromatic carbocycles. The van der Waals surface area contributed by atoms with Crippen LogP contribution in [0.25, 0.3) is 0 Å². The second-order valence-corrected chi connectivity index (χ2v) is 5.42. The van der Waals surface area contributed by atoms with E-state index in [1.54, 1.807) is 12.1 Å². The van der Waals surface area contributed by atoms with E-state index in [0.29, 0.717) is 17.3 Å². The highest BCUT2D eigenvalue weighted by Crippen LogP contribution is 2.24. The minimum atomic E-state index is -0.606. The van der Waals surface area contributed by atoms with Crippen LogP contribution in [-0.2, 0) is 6.61 Å². The number of aliphatic hydroxyl groups excluding tert-OH is 1. The normalized spacial score (nSPS) is 11.3. The number of ether oxygens (including phenoxy) is 1. The number of carbonyl (C=O) groups excluding carboxylic acids is 1. The van der Waals surface area contributed by atoms with E-state index in [4.69, 9.17) is 16.2 Å². The molecule has 0 fully saturated rings. The second kappa shape index (κ2) is 10.4. The van der Waals surface area contributed by atoms with Gasteiger partial charge in [-0.05, 0) is 18.6 Å². The number of aromatic nitrogens is 3. The maximum Gasteiger partial charge on any atom is 0.267 e. The highest BCUT2D eigenvalue weighted by atomic mass is 32.1. The zero-order chi connectivity index (χ0) is 18.2. The Labute approximate surface area is 158 Å². The van der Waals surface area contributed by atoms with Gasteiger partial charge in [-0.2, -0.15) is 18.5 Å². The van der Waals surface area contributed by atoms with Crippen molar-refractivity contribution in [3.63, 3.8) is 0 Å². The third kappa shape index (κ3) is 6.05. The number of nitrogen functional groups attached to an aromatic ring is 1.